The molecule has 1 radical (unpaired) electrons. The summed E-state index contributed by atoms with van der Waals surface area (Å²) in [5.74, 6) is 0.326. The molecule has 0 amide bonds. The Morgan fingerprint density at radius 2 is 1.57 bits per heavy atom. The standard InChI is InChI=1S/C20H25O2Si/c1-20(2,3)16-9-11-18(12-10-16)23(17-7-5-4-6-8-17)22-14-15-13-19(15)21/h4-12,15,19,21H,13-14H2,1-3H3. The van der Waals surface area contributed by atoms with Crippen molar-refractivity contribution in [2.45, 2.75) is 38.7 Å². The van der Waals surface area contributed by atoms with Gasteiger partial charge in [-0.2, -0.15) is 0 Å². The maximum Gasteiger partial charge on any atom is 0.282 e. The van der Waals surface area contributed by atoms with E-state index in [0.717, 1.165) is 6.42 Å². The summed E-state index contributed by atoms with van der Waals surface area (Å²) >= 11 is 0. The molecule has 0 aromatic heterocycles. The first-order valence-corrected chi connectivity index (χ1v) is 9.70. The van der Waals surface area contributed by atoms with Crippen molar-refractivity contribution in [1.82, 2.24) is 0 Å². The van der Waals surface area contributed by atoms with E-state index in [4.69, 9.17) is 4.43 Å². The van der Waals surface area contributed by atoms with Gasteiger partial charge >= 0.3 is 0 Å². The van der Waals surface area contributed by atoms with Crippen LogP contribution in [0, 0.1) is 5.92 Å². The van der Waals surface area contributed by atoms with Crippen LogP contribution in [0.15, 0.2) is 54.6 Å². The van der Waals surface area contributed by atoms with Crippen molar-refractivity contribution in [3.8, 4) is 0 Å². The normalized spacial score (nSPS) is 20.7. The number of hydrogen-bond donors (Lipinski definition) is 1. The molecule has 1 aliphatic carbocycles. The Bertz CT molecular complexity index is 631. The Hall–Kier alpha value is -1.42. The van der Waals surface area contributed by atoms with Crippen LogP contribution in [0.3, 0.4) is 0 Å². The summed E-state index contributed by atoms with van der Waals surface area (Å²) < 4.78 is 6.28. The van der Waals surface area contributed by atoms with Crippen LogP contribution in [0.5, 0.6) is 0 Å². The van der Waals surface area contributed by atoms with Gasteiger partial charge in [-0.15, -0.1) is 0 Å². The van der Waals surface area contributed by atoms with Gasteiger partial charge < -0.3 is 9.53 Å². The van der Waals surface area contributed by atoms with Gasteiger partial charge in [0.25, 0.3) is 9.04 Å². The monoisotopic (exact) mass is 325 g/mol. The lowest BCUT2D eigenvalue weighted by Gasteiger charge is -2.21. The zero-order valence-electron chi connectivity index (χ0n) is 14.1. The minimum Gasteiger partial charge on any atom is -0.407 e. The van der Waals surface area contributed by atoms with Gasteiger partial charge in [-0.05, 0) is 27.8 Å². The summed E-state index contributed by atoms with van der Waals surface area (Å²) in [6.45, 7) is 7.35. The molecule has 1 saturated carbocycles. The molecule has 3 heteroatoms. The van der Waals surface area contributed by atoms with Crippen LogP contribution in [0.2, 0.25) is 0 Å². The van der Waals surface area contributed by atoms with Crippen LogP contribution in [0.25, 0.3) is 0 Å². The van der Waals surface area contributed by atoms with E-state index in [1.54, 1.807) is 0 Å². The van der Waals surface area contributed by atoms with E-state index in [9.17, 15) is 5.11 Å². The largest absolute Gasteiger partial charge is 0.407 e. The minimum absolute atomic E-state index is 0.155. The second-order valence-corrected chi connectivity index (χ2v) is 9.50. The highest BCUT2D eigenvalue weighted by Crippen LogP contribution is 2.30. The highest BCUT2D eigenvalue weighted by molar-refractivity contribution is 6.80. The number of benzene rings is 2. The van der Waals surface area contributed by atoms with Crippen LogP contribution in [0.4, 0.5) is 0 Å². The molecule has 23 heavy (non-hydrogen) atoms. The first-order valence-electron chi connectivity index (χ1n) is 8.29. The molecule has 2 unspecified atom stereocenters. The fraction of sp³-hybridized carbons (Fsp3) is 0.400. The summed E-state index contributed by atoms with van der Waals surface area (Å²) in [5.41, 5.74) is 1.50. The predicted octanol–water partition coefficient (Wildman–Crippen LogP) is 2.49. The minimum atomic E-state index is -1.25. The van der Waals surface area contributed by atoms with Crippen molar-refractivity contribution in [2.75, 3.05) is 6.61 Å². The molecule has 2 aromatic rings. The van der Waals surface area contributed by atoms with E-state index in [0.29, 0.717) is 12.5 Å². The highest BCUT2D eigenvalue weighted by Gasteiger charge is 2.36. The Labute approximate surface area is 140 Å². The van der Waals surface area contributed by atoms with Gasteiger partial charge in [-0.1, -0.05) is 75.4 Å². The molecule has 121 valence electrons. The molecule has 0 heterocycles. The highest BCUT2D eigenvalue weighted by atomic mass is 28.3. The molecule has 1 fully saturated rings. The van der Waals surface area contributed by atoms with Crippen LogP contribution >= 0.6 is 0 Å². The van der Waals surface area contributed by atoms with Crippen LogP contribution in [0.1, 0.15) is 32.8 Å². The molecule has 2 aromatic carbocycles. The van der Waals surface area contributed by atoms with Crippen molar-refractivity contribution in [3.05, 3.63) is 60.2 Å². The van der Waals surface area contributed by atoms with E-state index in [1.807, 2.05) is 6.07 Å². The second-order valence-electron chi connectivity index (χ2n) is 7.40. The lowest BCUT2D eigenvalue weighted by Crippen LogP contribution is -2.45. The van der Waals surface area contributed by atoms with Gasteiger partial charge in [-0.3, -0.25) is 0 Å². The average Bonchev–Trinajstić information content (AvgIpc) is 3.24. The zero-order chi connectivity index (χ0) is 16.4. The first-order chi connectivity index (χ1) is 10.9. The number of aliphatic hydroxyl groups excluding tert-OH is 1. The summed E-state index contributed by atoms with van der Waals surface area (Å²) in [6, 6.07) is 19.3. The van der Waals surface area contributed by atoms with E-state index >= 15 is 0 Å². The van der Waals surface area contributed by atoms with Gasteiger partial charge in [0.1, 0.15) is 0 Å². The van der Waals surface area contributed by atoms with Crippen molar-refractivity contribution in [1.29, 1.82) is 0 Å². The lowest BCUT2D eigenvalue weighted by molar-refractivity contribution is 0.224. The van der Waals surface area contributed by atoms with Crippen LogP contribution in [-0.2, 0) is 9.84 Å². The van der Waals surface area contributed by atoms with Crippen molar-refractivity contribution >= 4 is 19.4 Å². The number of hydrogen-bond acceptors (Lipinski definition) is 2. The van der Waals surface area contributed by atoms with Crippen LogP contribution < -0.4 is 10.4 Å². The Kier molecular flexibility index (Phi) is 4.71. The predicted molar refractivity (Wildman–Crippen MR) is 96.7 cm³/mol. The first kappa shape index (κ1) is 16.4. The van der Waals surface area contributed by atoms with Crippen molar-refractivity contribution in [2.24, 2.45) is 5.92 Å². The Balaban J connectivity index is 1.82. The third kappa shape index (κ3) is 4.11. The van der Waals surface area contributed by atoms with E-state index in [2.05, 4.69) is 69.3 Å². The second kappa shape index (κ2) is 6.60. The maximum absolute atomic E-state index is 9.54. The molecular formula is C20H25O2Si. The molecular weight excluding hydrogens is 300 g/mol. The fourth-order valence-electron chi connectivity index (χ4n) is 2.65. The summed E-state index contributed by atoms with van der Waals surface area (Å²) in [4.78, 5) is 0. The maximum atomic E-state index is 9.54. The van der Waals surface area contributed by atoms with E-state index < -0.39 is 9.04 Å². The van der Waals surface area contributed by atoms with Crippen LogP contribution in [-0.4, -0.2) is 26.9 Å². The van der Waals surface area contributed by atoms with Gasteiger partial charge in [0, 0.05) is 12.5 Å². The van der Waals surface area contributed by atoms with E-state index in [1.165, 1.54) is 15.9 Å². The molecule has 1 N–H and O–H groups in total. The molecule has 2 atom stereocenters. The topological polar surface area (TPSA) is 29.5 Å². The van der Waals surface area contributed by atoms with Gasteiger partial charge in [0.05, 0.1) is 6.10 Å². The lowest BCUT2D eigenvalue weighted by atomic mass is 9.87. The smallest absolute Gasteiger partial charge is 0.282 e. The number of rotatable bonds is 5. The molecule has 2 nitrogen and oxygen atoms in total. The molecule has 0 bridgehead atoms. The summed E-state index contributed by atoms with van der Waals surface area (Å²) in [5, 5.41) is 12.1. The van der Waals surface area contributed by atoms with Crippen molar-refractivity contribution in [3.63, 3.8) is 0 Å². The molecule has 1 aliphatic rings. The quantitative estimate of drug-likeness (QED) is 0.856. The third-order valence-electron chi connectivity index (χ3n) is 4.38. The fourth-order valence-corrected chi connectivity index (χ4v) is 4.66. The SMILES string of the molecule is CC(C)(C)c1ccc([Si](OCC2CC2O)c2ccccc2)cc1. The summed E-state index contributed by atoms with van der Waals surface area (Å²) in [7, 11) is -1.25. The molecule has 0 spiro atoms. The number of aliphatic hydroxyl groups is 1. The molecule has 0 saturated heterocycles. The van der Waals surface area contributed by atoms with E-state index in [-0.39, 0.29) is 11.5 Å². The molecule has 3 rings (SSSR count). The van der Waals surface area contributed by atoms with Gasteiger partial charge in [-0.25, -0.2) is 0 Å². The summed E-state index contributed by atoms with van der Waals surface area (Å²) in [6.07, 6.45) is 0.727. The third-order valence-corrected chi connectivity index (χ3v) is 6.55. The Morgan fingerprint density at radius 1 is 1.00 bits per heavy atom. The molecule has 0 aliphatic heterocycles. The van der Waals surface area contributed by atoms with Gasteiger partial charge in [0.2, 0.25) is 0 Å². The Morgan fingerprint density at radius 3 is 2.09 bits per heavy atom. The average molecular weight is 326 g/mol. The zero-order valence-corrected chi connectivity index (χ0v) is 15.1. The van der Waals surface area contributed by atoms with Crippen molar-refractivity contribution < 1.29 is 9.53 Å². The van der Waals surface area contributed by atoms with Gasteiger partial charge in [0.15, 0.2) is 0 Å².